The summed E-state index contributed by atoms with van der Waals surface area (Å²) in [6.07, 6.45) is 4.53. The van der Waals surface area contributed by atoms with Gasteiger partial charge in [-0.15, -0.1) is 0 Å². The zero-order chi connectivity index (χ0) is 32.0. The first kappa shape index (κ1) is 32.6. The molecular weight excluding hydrogens is 583 g/mol. The van der Waals surface area contributed by atoms with Crippen molar-refractivity contribution in [1.29, 1.82) is 0 Å². The van der Waals surface area contributed by atoms with Gasteiger partial charge in [0.1, 0.15) is 11.9 Å². The fourth-order valence-electron chi connectivity index (χ4n) is 5.25. The number of carbonyl (C=O) groups excluding carboxylic acids is 1. The molecule has 1 heterocycles. The van der Waals surface area contributed by atoms with Gasteiger partial charge in [-0.05, 0) is 91.3 Å². The first-order valence-electron chi connectivity index (χ1n) is 14.3. The lowest BCUT2D eigenvalue weighted by Crippen LogP contribution is -2.43. The molecule has 0 saturated carbocycles. The first-order chi connectivity index (χ1) is 20.9. The summed E-state index contributed by atoms with van der Waals surface area (Å²) in [5.41, 5.74) is 3.60. The fourth-order valence-corrected chi connectivity index (χ4v) is 6.45. The number of carboxylic acids is 1. The minimum atomic E-state index is -3.69. The van der Waals surface area contributed by atoms with Crippen LogP contribution in [-0.4, -0.2) is 61.2 Å². The number of rotatable bonds is 13. The van der Waals surface area contributed by atoms with E-state index in [2.05, 4.69) is 32.1 Å². The summed E-state index contributed by atoms with van der Waals surface area (Å²) in [6.45, 7) is 3.90. The lowest BCUT2D eigenvalue weighted by molar-refractivity contribution is -0.139. The summed E-state index contributed by atoms with van der Waals surface area (Å²) in [6, 6.07) is 14.6. The smallest absolute Gasteiger partial charge is 0.326 e. The monoisotopic (exact) mass is 620 g/mol. The molecule has 232 valence electrons. The number of anilines is 1. The van der Waals surface area contributed by atoms with Crippen LogP contribution in [0.3, 0.4) is 0 Å². The first-order valence-corrected chi connectivity index (χ1v) is 15.9. The Morgan fingerprint density at radius 3 is 2.50 bits per heavy atom. The summed E-state index contributed by atoms with van der Waals surface area (Å²) in [5.74, 6) is -3.25. The van der Waals surface area contributed by atoms with Gasteiger partial charge in [0.05, 0.1) is 17.0 Å². The van der Waals surface area contributed by atoms with Crippen molar-refractivity contribution in [2.45, 2.75) is 45.7 Å². The zero-order valence-corrected chi connectivity index (χ0v) is 26.0. The topological polar surface area (TPSA) is 129 Å². The summed E-state index contributed by atoms with van der Waals surface area (Å²) < 4.78 is 41.7. The average Bonchev–Trinajstić information content (AvgIpc) is 2.94. The predicted octanol–water partition coefficient (Wildman–Crippen LogP) is 4.91. The van der Waals surface area contributed by atoms with Crippen molar-refractivity contribution in [3.8, 4) is 0 Å². The molecule has 3 aromatic carbocycles. The second-order valence-electron chi connectivity index (χ2n) is 11.2. The van der Waals surface area contributed by atoms with Crippen LogP contribution < -0.4 is 10.0 Å². The Balaban J connectivity index is 1.56. The van der Waals surface area contributed by atoms with Crippen LogP contribution in [0, 0.1) is 12.7 Å². The predicted molar refractivity (Wildman–Crippen MR) is 170 cm³/mol. The Bertz CT molecular complexity index is 1790. The third kappa shape index (κ3) is 8.18. The molecule has 1 aromatic heterocycles. The summed E-state index contributed by atoms with van der Waals surface area (Å²) in [4.78, 5) is 31.8. The zero-order valence-electron chi connectivity index (χ0n) is 25.2. The second kappa shape index (κ2) is 14.0. The van der Waals surface area contributed by atoms with Gasteiger partial charge in [0, 0.05) is 30.7 Å². The number of amides is 1. The van der Waals surface area contributed by atoms with Crippen molar-refractivity contribution >= 4 is 38.4 Å². The molecule has 0 bridgehead atoms. The third-order valence-corrected chi connectivity index (χ3v) is 8.69. The number of hydrogen-bond acceptors (Lipinski definition) is 6. The molecule has 0 aliphatic rings. The van der Waals surface area contributed by atoms with Crippen LogP contribution in [0.5, 0.6) is 0 Å². The van der Waals surface area contributed by atoms with E-state index in [4.69, 9.17) is 0 Å². The van der Waals surface area contributed by atoms with Gasteiger partial charge in [-0.3, -0.25) is 14.5 Å². The van der Waals surface area contributed by atoms with Crippen LogP contribution in [0.2, 0.25) is 0 Å². The standard InChI is InChI=1S/C33H37FN4O5S/c1-5-13-44(42,43)37-29-10-9-28(34)31(21(29)2)32(39)36-30(33(40)41)18-23-8-6-7-22(14-23)15-26-17-24(20-38(3)4)16-25-11-12-35-19-27(25)26/h6-12,14,16-17,19,30,37H,5,13,15,18,20H2,1-4H3,(H,36,39)(H,40,41)/t30-/m0/s1. The average molecular weight is 621 g/mol. The molecule has 9 nitrogen and oxygen atoms in total. The molecule has 3 N–H and O–H groups in total. The molecule has 0 spiro atoms. The Morgan fingerprint density at radius 2 is 1.80 bits per heavy atom. The number of sulfonamides is 1. The van der Waals surface area contributed by atoms with Crippen molar-refractivity contribution < 1.29 is 27.5 Å². The van der Waals surface area contributed by atoms with E-state index in [0.717, 1.165) is 34.5 Å². The van der Waals surface area contributed by atoms with Gasteiger partial charge in [0.2, 0.25) is 10.0 Å². The molecule has 0 aliphatic carbocycles. The van der Waals surface area contributed by atoms with E-state index >= 15 is 0 Å². The van der Waals surface area contributed by atoms with Crippen molar-refractivity contribution in [1.82, 2.24) is 15.2 Å². The van der Waals surface area contributed by atoms with Gasteiger partial charge in [-0.25, -0.2) is 17.6 Å². The number of fused-ring (bicyclic) bond motifs is 1. The van der Waals surface area contributed by atoms with Crippen LogP contribution in [0.25, 0.3) is 10.8 Å². The lowest BCUT2D eigenvalue weighted by Gasteiger charge is -2.18. The van der Waals surface area contributed by atoms with Crippen molar-refractivity contribution in [3.63, 3.8) is 0 Å². The summed E-state index contributed by atoms with van der Waals surface area (Å²) >= 11 is 0. The molecular formula is C33H37FN4O5S. The van der Waals surface area contributed by atoms with Crippen molar-refractivity contribution in [2.75, 3.05) is 24.6 Å². The van der Waals surface area contributed by atoms with Gasteiger partial charge >= 0.3 is 5.97 Å². The minimum absolute atomic E-state index is 0.0403. The highest BCUT2D eigenvalue weighted by atomic mass is 32.2. The molecule has 1 atom stereocenters. The highest BCUT2D eigenvalue weighted by molar-refractivity contribution is 7.92. The number of nitrogens with one attached hydrogen (secondary N) is 2. The molecule has 4 aromatic rings. The van der Waals surface area contributed by atoms with Crippen LogP contribution >= 0.6 is 0 Å². The SMILES string of the molecule is CCCS(=O)(=O)Nc1ccc(F)c(C(=O)N[C@@H](Cc2cccc(Cc3cc(CN(C)C)cc4ccncc34)c2)C(=O)O)c1C. The van der Waals surface area contributed by atoms with Crippen LogP contribution in [0.4, 0.5) is 10.1 Å². The van der Waals surface area contributed by atoms with E-state index in [-0.39, 0.29) is 23.4 Å². The van der Waals surface area contributed by atoms with Crippen LogP contribution in [0.1, 0.15) is 51.5 Å². The number of aliphatic carboxylic acids is 1. The molecule has 11 heteroatoms. The molecule has 0 radical (unpaired) electrons. The minimum Gasteiger partial charge on any atom is -0.480 e. The highest BCUT2D eigenvalue weighted by Crippen LogP contribution is 2.26. The number of carboxylic acid groups (broad SMARTS) is 1. The van der Waals surface area contributed by atoms with Crippen LogP contribution in [0.15, 0.2) is 67.0 Å². The van der Waals surface area contributed by atoms with Crippen molar-refractivity contribution in [2.24, 2.45) is 0 Å². The third-order valence-electron chi connectivity index (χ3n) is 7.21. The van der Waals surface area contributed by atoms with Gasteiger partial charge in [-0.1, -0.05) is 37.3 Å². The number of benzene rings is 3. The maximum absolute atomic E-state index is 14.8. The molecule has 0 aliphatic heterocycles. The number of halogens is 1. The fraction of sp³-hybridized carbons (Fsp3) is 0.303. The largest absolute Gasteiger partial charge is 0.480 e. The van der Waals surface area contributed by atoms with Gasteiger partial charge in [0.25, 0.3) is 5.91 Å². The number of carbonyl (C=O) groups is 2. The molecule has 0 unspecified atom stereocenters. The Labute approximate surface area is 257 Å². The normalized spacial score (nSPS) is 12.3. The Hall–Kier alpha value is -4.35. The van der Waals surface area contributed by atoms with Crippen molar-refractivity contribution in [3.05, 3.63) is 106 Å². The van der Waals surface area contributed by atoms with E-state index in [1.165, 1.54) is 18.6 Å². The van der Waals surface area contributed by atoms with E-state index in [0.29, 0.717) is 18.4 Å². The molecule has 1 amide bonds. The molecule has 0 fully saturated rings. The van der Waals surface area contributed by atoms with Crippen LogP contribution in [-0.2, 0) is 34.2 Å². The number of pyridine rings is 1. The number of aromatic nitrogens is 1. The van der Waals surface area contributed by atoms with E-state index in [9.17, 15) is 27.5 Å². The van der Waals surface area contributed by atoms with E-state index < -0.39 is 39.3 Å². The Morgan fingerprint density at radius 1 is 1.05 bits per heavy atom. The number of nitrogens with zero attached hydrogens (tertiary/aromatic N) is 2. The number of hydrogen-bond donors (Lipinski definition) is 3. The van der Waals surface area contributed by atoms with Gasteiger partial charge < -0.3 is 15.3 Å². The maximum atomic E-state index is 14.8. The summed E-state index contributed by atoms with van der Waals surface area (Å²) in [5, 5.41) is 14.5. The second-order valence-corrected chi connectivity index (χ2v) is 13.0. The Kier molecular flexibility index (Phi) is 10.3. The summed E-state index contributed by atoms with van der Waals surface area (Å²) in [7, 11) is 0.335. The highest BCUT2D eigenvalue weighted by Gasteiger charge is 2.26. The van der Waals surface area contributed by atoms with E-state index in [1.54, 1.807) is 19.2 Å². The molecule has 4 rings (SSSR count). The van der Waals surface area contributed by atoms with Gasteiger partial charge in [-0.2, -0.15) is 0 Å². The maximum Gasteiger partial charge on any atom is 0.326 e. The molecule has 0 saturated heterocycles. The molecule has 44 heavy (non-hydrogen) atoms. The lowest BCUT2D eigenvalue weighted by atomic mass is 9.95. The quantitative estimate of drug-likeness (QED) is 0.194. The van der Waals surface area contributed by atoms with E-state index in [1.807, 2.05) is 44.6 Å². The van der Waals surface area contributed by atoms with Gasteiger partial charge in [0.15, 0.2) is 0 Å².